The van der Waals surface area contributed by atoms with Gasteiger partial charge in [0.15, 0.2) is 8.07 Å². The van der Waals surface area contributed by atoms with Crippen molar-refractivity contribution in [1.29, 1.82) is 0 Å². The zero-order valence-corrected chi connectivity index (χ0v) is 31.7. The summed E-state index contributed by atoms with van der Waals surface area (Å²) in [6, 6.07) is 71.2. The Hall–Kier alpha value is -6.40. The van der Waals surface area contributed by atoms with Crippen molar-refractivity contribution in [2.45, 2.75) is 10.6 Å². The van der Waals surface area contributed by atoms with Gasteiger partial charge in [-0.3, -0.25) is 4.57 Å². The molecule has 0 radical (unpaired) electrons. The van der Waals surface area contributed by atoms with Crippen LogP contribution >= 0.6 is 11.8 Å². The number of furan rings is 1. The van der Waals surface area contributed by atoms with Gasteiger partial charge in [-0.2, -0.15) is 0 Å². The lowest BCUT2D eigenvalue weighted by Crippen LogP contribution is -2.74. The number of rotatable bonds is 6. The fraction of sp³-hybridized carbons (Fsp3) is 0.0200. The lowest BCUT2D eigenvalue weighted by Gasteiger charge is -2.35. The summed E-state index contributed by atoms with van der Waals surface area (Å²) in [5.74, 6) is 1.96. The third-order valence-corrected chi connectivity index (χ3v) is 17.1. The molecule has 10 aromatic rings. The van der Waals surface area contributed by atoms with Gasteiger partial charge in [-0.25, -0.2) is 4.98 Å². The molecule has 0 bridgehead atoms. The summed E-state index contributed by atoms with van der Waals surface area (Å²) < 4.78 is 8.92. The standard InChI is InChI=1S/C50H34N2OSSi/c1-3-16-37(17-4-1)55(38-18-5-2-6-19-38,40-21-12-15-36(31-40)41-23-13-24-43-42-22-7-9-26-47(42)53-50(41)43)39-20-11-14-34(30-39)35-28-29-44-46(32-35)52-45-25-8-10-27-48(45)54-33-49(52)51-44/h1-32H,33H2. The zero-order chi connectivity index (χ0) is 36.3. The molecule has 0 unspecified atom stereocenters. The Labute approximate surface area is 324 Å². The van der Waals surface area contributed by atoms with Crippen LogP contribution in [-0.2, 0) is 5.75 Å². The summed E-state index contributed by atoms with van der Waals surface area (Å²) in [5, 5.41) is 7.61. The quantitative estimate of drug-likeness (QED) is 0.126. The average molecular weight is 739 g/mol. The van der Waals surface area contributed by atoms with E-state index in [1.807, 2.05) is 17.8 Å². The summed E-state index contributed by atoms with van der Waals surface area (Å²) in [6.45, 7) is 0. The molecular formula is C50H34N2OSSi. The Morgan fingerprint density at radius 3 is 1.93 bits per heavy atom. The molecular weight excluding hydrogens is 705 g/mol. The highest BCUT2D eigenvalue weighted by Gasteiger charge is 2.41. The highest BCUT2D eigenvalue weighted by molar-refractivity contribution is 7.98. The number of fused-ring (bicyclic) bond motifs is 8. The maximum atomic E-state index is 6.56. The van der Waals surface area contributed by atoms with Crippen LogP contribution in [0.5, 0.6) is 0 Å². The van der Waals surface area contributed by atoms with Crippen molar-refractivity contribution >= 4 is 73.6 Å². The van der Waals surface area contributed by atoms with E-state index in [0.29, 0.717) is 0 Å². The molecule has 0 aliphatic carbocycles. The van der Waals surface area contributed by atoms with Crippen molar-refractivity contribution in [1.82, 2.24) is 9.55 Å². The van der Waals surface area contributed by atoms with E-state index in [1.165, 1.54) is 42.5 Å². The third-order valence-electron chi connectivity index (χ3n) is 11.2. The second-order valence-corrected chi connectivity index (χ2v) is 19.1. The zero-order valence-electron chi connectivity index (χ0n) is 29.9. The first-order valence-electron chi connectivity index (χ1n) is 18.7. The third kappa shape index (κ3) is 5.08. The Bertz CT molecular complexity index is 3020. The maximum absolute atomic E-state index is 6.56. The molecule has 11 rings (SSSR count). The van der Waals surface area contributed by atoms with Crippen molar-refractivity contribution < 1.29 is 4.42 Å². The normalized spacial score (nSPS) is 12.6. The van der Waals surface area contributed by atoms with Gasteiger partial charge in [-0.05, 0) is 67.8 Å². The smallest absolute Gasteiger partial charge is 0.179 e. The van der Waals surface area contributed by atoms with Gasteiger partial charge < -0.3 is 4.42 Å². The molecule has 260 valence electrons. The van der Waals surface area contributed by atoms with Crippen LogP contribution in [0.25, 0.3) is 60.9 Å². The molecule has 0 saturated carbocycles. The molecule has 1 aliphatic heterocycles. The van der Waals surface area contributed by atoms with E-state index >= 15 is 0 Å². The highest BCUT2D eigenvalue weighted by atomic mass is 32.2. The summed E-state index contributed by atoms with van der Waals surface area (Å²) in [5.41, 5.74) is 9.85. The molecule has 0 N–H and O–H groups in total. The van der Waals surface area contributed by atoms with Crippen LogP contribution < -0.4 is 20.7 Å². The number of hydrogen-bond acceptors (Lipinski definition) is 3. The average Bonchev–Trinajstić information content (AvgIpc) is 3.84. The Balaban J connectivity index is 1.13. The molecule has 5 heteroatoms. The van der Waals surface area contributed by atoms with Crippen LogP contribution in [0.4, 0.5) is 0 Å². The van der Waals surface area contributed by atoms with Crippen LogP contribution in [0.15, 0.2) is 203 Å². The second kappa shape index (κ2) is 12.9. The first-order chi connectivity index (χ1) is 27.3. The largest absolute Gasteiger partial charge is 0.455 e. The van der Waals surface area contributed by atoms with E-state index in [4.69, 9.17) is 9.40 Å². The molecule has 55 heavy (non-hydrogen) atoms. The molecule has 1 aliphatic rings. The van der Waals surface area contributed by atoms with Gasteiger partial charge in [0, 0.05) is 21.2 Å². The Morgan fingerprint density at radius 1 is 0.509 bits per heavy atom. The molecule has 0 fully saturated rings. The van der Waals surface area contributed by atoms with Crippen molar-refractivity contribution in [3.05, 3.63) is 200 Å². The van der Waals surface area contributed by atoms with Gasteiger partial charge >= 0.3 is 0 Å². The van der Waals surface area contributed by atoms with Crippen molar-refractivity contribution in [2.24, 2.45) is 0 Å². The van der Waals surface area contributed by atoms with E-state index in [9.17, 15) is 0 Å². The summed E-state index contributed by atoms with van der Waals surface area (Å²) in [7, 11) is -2.89. The molecule has 0 saturated heterocycles. The molecule has 0 atom stereocenters. The van der Waals surface area contributed by atoms with Crippen molar-refractivity contribution in [2.75, 3.05) is 0 Å². The van der Waals surface area contributed by atoms with E-state index in [0.717, 1.165) is 55.7 Å². The Kier molecular flexibility index (Phi) is 7.51. The van der Waals surface area contributed by atoms with E-state index in [2.05, 4.69) is 193 Å². The lowest BCUT2D eigenvalue weighted by atomic mass is 10.0. The number of nitrogens with zero attached hydrogens (tertiary/aromatic N) is 2. The van der Waals surface area contributed by atoms with Gasteiger partial charge in [-0.15, -0.1) is 11.8 Å². The fourth-order valence-corrected chi connectivity index (χ4v) is 14.6. The van der Waals surface area contributed by atoms with E-state index in [1.54, 1.807) is 0 Å². The summed E-state index contributed by atoms with van der Waals surface area (Å²) in [6.07, 6.45) is 0. The second-order valence-electron chi connectivity index (χ2n) is 14.2. The minimum atomic E-state index is -2.89. The molecule has 3 nitrogen and oxygen atoms in total. The topological polar surface area (TPSA) is 31.0 Å². The van der Waals surface area contributed by atoms with Crippen molar-refractivity contribution in [3.63, 3.8) is 0 Å². The molecule has 2 aromatic heterocycles. The maximum Gasteiger partial charge on any atom is 0.179 e. The predicted molar refractivity (Wildman–Crippen MR) is 232 cm³/mol. The number of imidazole rings is 1. The number of para-hydroxylation sites is 3. The number of aromatic nitrogens is 2. The SMILES string of the molecule is c1ccc([Si](c2ccccc2)(c2cccc(-c3ccc4nc5n(c4c3)-c3ccccc3SC5)c2)c2cccc(-c3cccc4c3oc3ccccc34)c2)cc1. The van der Waals surface area contributed by atoms with E-state index in [-0.39, 0.29) is 0 Å². The predicted octanol–water partition coefficient (Wildman–Crippen LogP) is 10.2. The van der Waals surface area contributed by atoms with Gasteiger partial charge in [0.1, 0.15) is 17.0 Å². The van der Waals surface area contributed by atoms with Crippen molar-refractivity contribution in [3.8, 4) is 27.9 Å². The number of hydrogen-bond donors (Lipinski definition) is 0. The molecule has 0 amide bonds. The van der Waals surface area contributed by atoms with Crippen LogP contribution in [0.3, 0.4) is 0 Å². The van der Waals surface area contributed by atoms with Crippen LogP contribution in [-0.4, -0.2) is 17.6 Å². The monoisotopic (exact) mass is 738 g/mol. The lowest BCUT2D eigenvalue weighted by molar-refractivity contribution is 0.670. The van der Waals surface area contributed by atoms with Gasteiger partial charge in [0.25, 0.3) is 0 Å². The van der Waals surface area contributed by atoms with Crippen LogP contribution in [0.2, 0.25) is 0 Å². The molecule has 3 heterocycles. The van der Waals surface area contributed by atoms with Gasteiger partial charge in [0.2, 0.25) is 0 Å². The first kappa shape index (κ1) is 32.1. The van der Waals surface area contributed by atoms with Crippen LogP contribution in [0, 0.1) is 0 Å². The van der Waals surface area contributed by atoms with Gasteiger partial charge in [-0.1, -0.05) is 164 Å². The first-order valence-corrected chi connectivity index (χ1v) is 21.7. The minimum absolute atomic E-state index is 0.864. The summed E-state index contributed by atoms with van der Waals surface area (Å²) >= 11 is 1.86. The van der Waals surface area contributed by atoms with Gasteiger partial charge in [0.05, 0.1) is 22.5 Å². The number of thioether (sulfide) groups is 1. The highest BCUT2D eigenvalue weighted by Crippen LogP contribution is 2.39. The number of benzene rings is 8. The molecule has 8 aromatic carbocycles. The van der Waals surface area contributed by atoms with Crippen LogP contribution in [0.1, 0.15) is 5.82 Å². The fourth-order valence-electron chi connectivity index (χ4n) is 8.78. The minimum Gasteiger partial charge on any atom is -0.455 e. The van der Waals surface area contributed by atoms with E-state index < -0.39 is 8.07 Å². The Morgan fingerprint density at radius 2 is 1.13 bits per heavy atom. The molecule has 0 spiro atoms. The summed E-state index contributed by atoms with van der Waals surface area (Å²) in [4.78, 5) is 6.36.